The van der Waals surface area contributed by atoms with Crippen molar-refractivity contribution in [3.05, 3.63) is 35.4 Å². The lowest BCUT2D eigenvalue weighted by atomic mass is 9.83. The van der Waals surface area contributed by atoms with Crippen molar-refractivity contribution in [2.75, 3.05) is 0 Å². The lowest BCUT2D eigenvalue weighted by molar-refractivity contribution is -0.163. The first-order valence-electron chi connectivity index (χ1n) is 6.75. The molecule has 0 aliphatic heterocycles. The number of esters is 1. The fraction of sp³-hybridized carbons (Fsp3) is 0.438. The molecule has 0 fully saturated rings. The Bertz CT molecular complexity index is 566. The van der Waals surface area contributed by atoms with Crippen molar-refractivity contribution in [3.63, 3.8) is 0 Å². The van der Waals surface area contributed by atoms with Crippen LogP contribution in [0.4, 0.5) is 0 Å². The van der Waals surface area contributed by atoms with E-state index >= 15 is 0 Å². The predicted molar refractivity (Wildman–Crippen MR) is 78.7 cm³/mol. The first kappa shape index (κ1) is 17.7. The van der Waals surface area contributed by atoms with Crippen molar-refractivity contribution < 1.29 is 29.3 Å². The number of carboxylic acid groups (broad SMARTS) is 2. The Hall–Kier alpha value is -2.37. The van der Waals surface area contributed by atoms with Gasteiger partial charge in [-0.15, -0.1) is 0 Å². The van der Waals surface area contributed by atoms with Crippen LogP contribution in [0.2, 0.25) is 0 Å². The van der Waals surface area contributed by atoms with Gasteiger partial charge in [-0.25, -0.2) is 4.79 Å². The summed E-state index contributed by atoms with van der Waals surface area (Å²) in [5, 5.41) is 18.2. The molecule has 22 heavy (non-hydrogen) atoms. The van der Waals surface area contributed by atoms with Gasteiger partial charge in [0.2, 0.25) is 0 Å². The van der Waals surface area contributed by atoms with Crippen LogP contribution >= 0.6 is 0 Å². The molecule has 0 aliphatic carbocycles. The fourth-order valence-corrected chi connectivity index (χ4v) is 1.75. The molecule has 1 aromatic rings. The van der Waals surface area contributed by atoms with Crippen molar-refractivity contribution in [1.82, 2.24) is 0 Å². The topological polar surface area (TPSA) is 101 Å². The van der Waals surface area contributed by atoms with Crippen molar-refractivity contribution >= 4 is 17.9 Å². The van der Waals surface area contributed by atoms with Crippen LogP contribution in [0.5, 0.6) is 0 Å². The van der Waals surface area contributed by atoms with Crippen molar-refractivity contribution in [3.8, 4) is 0 Å². The minimum absolute atomic E-state index is 0.174. The van der Waals surface area contributed by atoms with Crippen molar-refractivity contribution in [2.45, 2.75) is 39.7 Å². The van der Waals surface area contributed by atoms with Gasteiger partial charge in [0.1, 0.15) is 5.60 Å². The third kappa shape index (κ3) is 4.31. The standard InChI is InChI=1S/C16H20O6/c1-15(2,3)22-12(17)11-7-5-10(6-8-11)9-16(4,13(18)19)14(20)21/h5-8H,9H2,1-4H3,(H,18,19)(H,20,21). The Labute approximate surface area is 128 Å². The zero-order valence-corrected chi connectivity index (χ0v) is 13.0. The second kappa shape index (κ2) is 6.17. The summed E-state index contributed by atoms with van der Waals surface area (Å²) in [6.45, 7) is 6.42. The van der Waals surface area contributed by atoms with E-state index in [0.717, 1.165) is 6.92 Å². The zero-order valence-electron chi connectivity index (χ0n) is 13.0. The van der Waals surface area contributed by atoms with Gasteiger partial charge in [-0.1, -0.05) is 12.1 Å². The van der Waals surface area contributed by atoms with E-state index in [1.165, 1.54) is 24.3 Å². The monoisotopic (exact) mass is 308 g/mol. The van der Waals surface area contributed by atoms with Gasteiger partial charge in [0, 0.05) is 0 Å². The molecule has 0 bridgehead atoms. The zero-order chi connectivity index (χ0) is 17.1. The van der Waals surface area contributed by atoms with Gasteiger partial charge in [-0.3, -0.25) is 9.59 Å². The molecule has 0 heterocycles. The second-order valence-electron chi connectivity index (χ2n) is 6.32. The van der Waals surface area contributed by atoms with E-state index in [1.807, 2.05) is 0 Å². The number of aliphatic carboxylic acids is 2. The number of ether oxygens (including phenoxy) is 1. The highest BCUT2D eigenvalue weighted by Crippen LogP contribution is 2.24. The van der Waals surface area contributed by atoms with E-state index in [4.69, 9.17) is 14.9 Å². The van der Waals surface area contributed by atoms with Gasteiger partial charge in [0.15, 0.2) is 5.41 Å². The Kier molecular flexibility index (Phi) is 4.96. The number of carbonyl (C=O) groups is 3. The molecular formula is C16H20O6. The number of carbonyl (C=O) groups excluding carboxylic acids is 1. The average Bonchev–Trinajstić information content (AvgIpc) is 2.36. The second-order valence-corrected chi connectivity index (χ2v) is 6.32. The summed E-state index contributed by atoms with van der Waals surface area (Å²) in [5.41, 5.74) is -1.68. The predicted octanol–water partition coefficient (Wildman–Crippen LogP) is 2.36. The summed E-state index contributed by atoms with van der Waals surface area (Å²) in [6, 6.07) is 6.05. The van der Waals surface area contributed by atoms with Gasteiger partial charge < -0.3 is 14.9 Å². The summed E-state index contributed by atoms with van der Waals surface area (Å²) in [5.74, 6) is -3.30. The molecule has 6 heteroatoms. The van der Waals surface area contributed by atoms with Crippen LogP contribution in [-0.4, -0.2) is 33.7 Å². The Morgan fingerprint density at radius 2 is 1.41 bits per heavy atom. The maximum Gasteiger partial charge on any atom is 0.338 e. The van der Waals surface area contributed by atoms with E-state index in [9.17, 15) is 14.4 Å². The molecule has 0 saturated heterocycles. The van der Waals surface area contributed by atoms with Crippen LogP contribution in [0.25, 0.3) is 0 Å². The lowest BCUT2D eigenvalue weighted by Crippen LogP contribution is -2.38. The highest BCUT2D eigenvalue weighted by Gasteiger charge is 2.41. The quantitative estimate of drug-likeness (QED) is 0.639. The van der Waals surface area contributed by atoms with Crippen LogP contribution in [0.3, 0.4) is 0 Å². The maximum atomic E-state index is 11.9. The number of benzene rings is 1. The maximum absolute atomic E-state index is 11.9. The van der Waals surface area contributed by atoms with Crippen LogP contribution in [0.1, 0.15) is 43.6 Å². The molecule has 6 nitrogen and oxygen atoms in total. The number of hydrogen-bond acceptors (Lipinski definition) is 4. The minimum Gasteiger partial charge on any atom is -0.480 e. The average molecular weight is 308 g/mol. The third-order valence-corrected chi connectivity index (χ3v) is 3.09. The molecule has 0 aromatic heterocycles. The molecule has 2 N–H and O–H groups in total. The number of rotatable bonds is 5. The highest BCUT2D eigenvalue weighted by atomic mass is 16.6. The van der Waals surface area contributed by atoms with Gasteiger partial charge >= 0.3 is 17.9 Å². The first-order valence-corrected chi connectivity index (χ1v) is 6.75. The van der Waals surface area contributed by atoms with E-state index in [2.05, 4.69) is 0 Å². The van der Waals surface area contributed by atoms with E-state index in [1.54, 1.807) is 20.8 Å². The van der Waals surface area contributed by atoms with E-state index in [0.29, 0.717) is 11.1 Å². The van der Waals surface area contributed by atoms with Crippen LogP contribution in [0.15, 0.2) is 24.3 Å². The molecule has 0 saturated carbocycles. The van der Waals surface area contributed by atoms with E-state index < -0.39 is 28.9 Å². The number of carboxylic acids is 2. The normalized spacial score (nSPS) is 11.8. The summed E-state index contributed by atoms with van der Waals surface area (Å²) < 4.78 is 5.21. The Morgan fingerprint density at radius 1 is 0.955 bits per heavy atom. The Balaban J connectivity index is 2.92. The summed E-state index contributed by atoms with van der Waals surface area (Å²) in [4.78, 5) is 34.2. The van der Waals surface area contributed by atoms with Crippen LogP contribution in [-0.2, 0) is 20.7 Å². The third-order valence-electron chi connectivity index (χ3n) is 3.09. The minimum atomic E-state index is -1.91. The molecule has 0 atom stereocenters. The van der Waals surface area contributed by atoms with Crippen molar-refractivity contribution in [1.29, 1.82) is 0 Å². The largest absolute Gasteiger partial charge is 0.480 e. The molecule has 120 valence electrons. The fourth-order valence-electron chi connectivity index (χ4n) is 1.75. The number of hydrogen-bond donors (Lipinski definition) is 2. The first-order chi connectivity index (χ1) is 9.95. The highest BCUT2D eigenvalue weighted by molar-refractivity contribution is 5.98. The molecular weight excluding hydrogens is 288 g/mol. The lowest BCUT2D eigenvalue weighted by Gasteiger charge is -2.20. The molecule has 0 radical (unpaired) electrons. The smallest absolute Gasteiger partial charge is 0.338 e. The van der Waals surface area contributed by atoms with Crippen molar-refractivity contribution in [2.24, 2.45) is 5.41 Å². The molecule has 0 aliphatic rings. The molecule has 1 aromatic carbocycles. The van der Waals surface area contributed by atoms with E-state index in [-0.39, 0.29) is 6.42 Å². The summed E-state index contributed by atoms with van der Waals surface area (Å²) in [6.07, 6.45) is -0.174. The van der Waals surface area contributed by atoms with Crippen LogP contribution in [0, 0.1) is 5.41 Å². The summed E-state index contributed by atoms with van der Waals surface area (Å²) >= 11 is 0. The van der Waals surface area contributed by atoms with Gasteiger partial charge in [0.25, 0.3) is 0 Å². The molecule has 0 spiro atoms. The van der Waals surface area contributed by atoms with Gasteiger partial charge in [-0.05, 0) is 51.8 Å². The van der Waals surface area contributed by atoms with Crippen LogP contribution < -0.4 is 0 Å². The molecule has 1 rings (SSSR count). The molecule has 0 amide bonds. The van der Waals surface area contributed by atoms with Gasteiger partial charge in [0.05, 0.1) is 5.56 Å². The summed E-state index contributed by atoms with van der Waals surface area (Å²) in [7, 11) is 0. The van der Waals surface area contributed by atoms with Gasteiger partial charge in [-0.2, -0.15) is 0 Å². The SMILES string of the molecule is CC(C)(C)OC(=O)c1ccc(CC(C)(C(=O)O)C(=O)O)cc1. The molecule has 0 unspecified atom stereocenters. The Morgan fingerprint density at radius 3 is 1.77 bits per heavy atom.